The smallest absolute Gasteiger partial charge is 0.161 e. The van der Waals surface area contributed by atoms with E-state index < -0.39 is 0 Å². The molecule has 8 aromatic carbocycles. The molecule has 0 amide bonds. The van der Waals surface area contributed by atoms with E-state index in [9.17, 15) is 21.0 Å². The molecule has 0 unspecified atom stereocenters. The molecule has 10 aromatic rings. The average molecular weight is 817 g/mol. The Morgan fingerprint density at radius 2 is 0.891 bits per heavy atom. The molecule has 0 aliphatic rings. The summed E-state index contributed by atoms with van der Waals surface area (Å²) < 4.78 is 2.25. The Morgan fingerprint density at radius 1 is 0.375 bits per heavy atom. The molecule has 0 bridgehead atoms. The number of benzene rings is 8. The Bertz CT molecular complexity index is 3490. The molecular weight excluding hydrogens is 785 g/mol. The summed E-state index contributed by atoms with van der Waals surface area (Å²) in [5, 5.41) is 43.4. The van der Waals surface area contributed by atoms with Gasteiger partial charge in [-0.15, -0.1) is 0 Å². The zero-order chi connectivity index (χ0) is 43.6. The zero-order valence-corrected chi connectivity index (χ0v) is 34.1. The lowest BCUT2D eigenvalue weighted by Crippen LogP contribution is -2.09. The van der Waals surface area contributed by atoms with E-state index in [1.165, 1.54) is 0 Å². The molecule has 8 nitrogen and oxygen atoms in total. The van der Waals surface area contributed by atoms with Gasteiger partial charge in [0.2, 0.25) is 0 Å². The van der Waals surface area contributed by atoms with Crippen LogP contribution in [0.15, 0.2) is 194 Å². The summed E-state index contributed by atoms with van der Waals surface area (Å²) in [5.74, 6) is 0.255. The van der Waals surface area contributed by atoms with Crippen LogP contribution in [0.25, 0.3) is 72.5 Å². The number of rotatable bonds is 8. The third-order valence-electron chi connectivity index (χ3n) is 11.4. The van der Waals surface area contributed by atoms with E-state index in [4.69, 9.17) is 9.97 Å². The summed E-state index contributed by atoms with van der Waals surface area (Å²) in [5.41, 5.74) is 11.3. The largest absolute Gasteiger partial charge is 0.310 e. The molecule has 0 saturated heterocycles. The van der Waals surface area contributed by atoms with Gasteiger partial charge in [0.1, 0.15) is 0 Å². The van der Waals surface area contributed by atoms with Gasteiger partial charge in [-0.05, 0) is 103 Å². The molecule has 2 aromatic heterocycles. The van der Waals surface area contributed by atoms with Crippen molar-refractivity contribution in [2.45, 2.75) is 0 Å². The zero-order valence-electron chi connectivity index (χ0n) is 34.1. The SMILES string of the molecule is N#Cc1cc(-c2cc(-c3ccccc3C#N)nc(-c3ccccc3C#N)n2)c(C#N)cc1-c1ccc(-n2c3ccccc3c3cc(N(c4ccccc4)c4ccccc4)ccc32)cc1. The first-order chi connectivity index (χ1) is 31.6. The van der Waals surface area contributed by atoms with Crippen molar-refractivity contribution >= 4 is 38.9 Å². The minimum atomic E-state index is 0.255. The lowest BCUT2D eigenvalue weighted by molar-refractivity contribution is 1.18. The van der Waals surface area contributed by atoms with Crippen LogP contribution in [0, 0.1) is 45.3 Å². The molecule has 0 N–H and O–H groups in total. The number of nitriles is 4. The Labute approximate surface area is 369 Å². The summed E-state index contributed by atoms with van der Waals surface area (Å²) in [4.78, 5) is 12.0. The first-order valence-electron chi connectivity index (χ1n) is 20.5. The number of hydrogen-bond donors (Lipinski definition) is 0. The lowest BCUT2D eigenvalue weighted by atomic mass is 9.92. The van der Waals surface area contributed by atoms with Crippen LogP contribution in [0.1, 0.15) is 22.3 Å². The molecule has 0 aliphatic heterocycles. The first kappa shape index (κ1) is 38.6. The van der Waals surface area contributed by atoms with Gasteiger partial charge >= 0.3 is 0 Å². The van der Waals surface area contributed by atoms with Crippen molar-refractivity contribution in [3.63, 3.8) is 0 Å². The van der Waals surface area contributed by atoms with E-state index in [0.717, 1.165) is 50.1 Å². The quantitative estimate of drug-likeness (QED) is 0.149. The molecule has 0 radical (unpaired) electrons. The number of para-hydroxylation sites is 3. The fourth-order valence-corrected chi connectivity index (χ4v) is 8.43. The van der Waals surface area contributed by atoms with Crippen molar-refractivity contribution in [2.75, 3.05) is 4.90 Å². The highest BCUT2D eigenvalue weighted by molar-refractivity contribution is 6.10. The molecule has 0 aliphatic carbocycles. The van der Waals surface area contributed by atoms with Crippen LogP contribution in [-0.2, 0) is 0 Å². The van der Waals surface area contributed by atoms with Gasteiger partial charge in [0.15, 0.2) is 5.82 Å². The van der Waals surface area contributed by atoms with Gasteiger partial charge in [0.25, 0.3) is 0 Å². The number of aromatic nitrogens is 3. The van der Waals surface area contributed by atoms with Crippen LogP contribution >= 0.6 is 0 Å². The van der Waals surface area contributed by atoms with Crippen molar-refractivity contribution in [1.82, 2.24) is 14.5 Å². The van der Waals surface area contributed by atoms with Crippen LogP contribution in [0.2, 0.25) is 0 Å². The minimum Gasteiger partial charge on any atom is -0.310 e. The Kier molecular flexibility index (Phi) is 9.92. The second-order valence-electron chi connectivity index (χ2n) is 15.1. The fraction of sp³-hybridized carbons (Fsp3) is 0. The van der Waals surface area contributed by atoms with Gasteiger partial charge in [-0.1, -0.05) is 97.1 Å². The van der Waals surface area contributed by atoms with E-state index in [2.05, 4.69) is 119 Å². The standard InChI is InChI=1S/C56H32N8/c57-33-38-13-7-9-19-46(38)52-32-53(62-56(61-52)47-20-10-8-14-39(47)34-58)50-30-40(35-59)49(29-41(50)36-60)37-23-25-44(26-24-37)64-54-22-12-11-21-48(54)51-31-45(27-28-55(51)64)63(42-15-3-1-4-16-42)43-17-5-2-6-18-43/h1-32H. The summed E-state index contributed by atoms with van der Waals surface area (Å²) in [6.07, 6.45) is 0. The van der Waals surface area contributed by atoms with Crippen LogP contribution in [0.4, 0.5) is 17.1 Å². The van der Waals surface area contributed by atoms with Gasteiger partial charge in [-0.25, -0.2) is 9.97 Å². The fourth-order valence-electron chi connectivity index (χ4n) is 8.43. The predicted octanol–water partition coefficient (Wildman–Crippen LogP) is 13.2. The highest BCUT2D eigenvalue weighted by atomic mass is 15.1. The van der Waals surface area contributed by atoms with E-state index in [0.29, 0.717) is 55.9 Å². The van der Waals surface area contributed by atoms with Crippen molar-refractivity contribution in [1.29, 1.82) is 21.0 Å². The van der Waals surface area contributed by atoms with Gasteiger partial charge in [0.05, 0.1) is 69.0 Å². The van der Waals surface area contributed by atoms with Crippen molar-refractivity contribution < 1.29 is 0 Å². The third kappa shape index (κ3) is 6.83. The Hall–Kier alpha value is -9.60. The normalized spacial score (nSPS) is 10.8. The summed E-state index contributed by atoms with van der Waals surface area (Å²) in [7, 11) is 0. The maximum atomic E-state index is 10.6. The van der Waals surface area contributed by atoms with Gasteiger partial charge in [0, 0.05) is 55.8 Å². The third-order valence-corrected chi connectivity index (χ3v) is 11.4. The maximum Gasteiger partial charge on any atom is 0.161 e. The molecular formula is C56H32N8. The van der Waals surface area contributed by atoms with Gasteiger partial charge < -0.3 is 9.47 Å². The van der Waals surface area contributed by atoms with Crippen LogP contribution in [0.3, 0.4) is 0 Å². The second kappa shape index (κ2) is 16.5. The molecule has 10 rings (SSSR count). The highest BCUT2D eigenvalue weighted by Gasteiger charge is 2.21. The molecule has 64 heavy (non-hydrogen) atoms. The van der Waals surface area contributed by atoms with E-state index in [-0.39, 0.29) is 5.82 Å². The number of anilines is 3. The van der Waals surface area contributed by atoms with Crippen molar-refractivity contribution in [3.05, 3.63) is 216 Å². The van der Waals surface area contributed by atoms with E-state index >= 15 is 0 Å². The lowest BCUT2D eigenvalue weighted by Gasteiger charge is -2.25. The average Bonchev–Trinajstić information content (AvgIpc) is 3.70. The summed E-state index contributed by atoms with van der Waals surface area (Å²) >= 11 is 0. The first-order valence-corrected chi connectivity index (χ1v) is 20.5. The molecule has 296 valence electrons. The van der Waals surface area contributed by atoms with Crippen molar-refractivity contribution in [3.8, 4) is 75.0 Å². The Morgan fingerprint density at radius 3 is 1.55 bits per heavy atom. The summed E-state index contributed by atoms with van der Waals surface area (Å²) in [6, 6.07) is 72.1. The number of hydrogen-bond acceptors (Lipinski definition) is 7. The van der Waals surface area contributed by atoms with Crippen LogP contribution in [-0.4, -0.2) is 14.5 Å². The number of nitrogens with zero attached hydrogens (tertiary/aromatic N) is 8. The molecule has 8 heteroatoms. The maximum absolute atomic E-state index is 10.6. The Balaban J connectivity index is 1.07. The molecule has 0 saturated carbocycles. The van der Waals surface area contributed by atoms with Crippen LogP contribution in [0.5, 0.6) is 0 Å². The van der Waals surface area contributed by atoms with Gasteiger partial charge in [-0.2, -0.15) is 21.0 Å². The van der Waals surface area contributed by atoms with E-state index in [1.54, 1.807) is 60.7 Å². The van der Waals surface area contributed by atoms with Crippen molar-refractivity contribution in [2.24, 2.45) is 0 Å². The highest BCUT2D eigenvalue weighted by Crippen LogP contribution is 2.41. The van der Waals surface area contributed by atoms with E-state index in [1.807, 2.05) is 48.5 Å². The summed E-state index contributed by atoms with van der Waals surface area (Å²) in [6.45, 7) is 0. The minimum absolute atomic E-state index is 0.255. The van der Waals surface area contributed by atoms with Gasteiger partial charge in [-0.3, -0.25) is 0 Å². The van der Waals surface area contributed by atoms with Crippen LogP contribution < -0.4 is 4.90 Å². The molecule has 0 atom stereocenters. The topological polar surface area (TPSA) is 129 Å². The predicted molar refractivity (Wildman–Crippen MR) is 252 cm³/mol. The molecule has 0 fully saturated rings. The molecule has 2 heterocycles. The molecule has 0 spiro atoms. The number of fused-ring (bicyclic) bond motifs is 3. The monoisotopic (exact) mass is 816 g/mol. The second-order valence-corrected chi connectivity index (χ2v) is 15.1.